The summed E-state index contributed by atoms with van der Waals surface area (Å²) in [6, 6.07) is 10.6. The molecule has 0 aliphatic rings. The largest absolute Gasteiger partial charge is 0.457 e. The van der Waals surface area contributed by atoms with Crippen molar-refractivity contribution in [3.05, 3.63) is 54.1 Å². The van der Waals surface area contributed by atoms with Gasteiger partial charge in [-0.25, -0.2) is 4.79 Å². The van der Waals surface area contributed by atoms with Crippen LogP contribution < -0.4 is 4.74 Å². The predicted molar refractivity (Wildman–Crippen MR) is 65.7 cm³/mol. The van der Waals surface area contributed by atoms with Gasteiger partial charge in [0.05, 0.1) is 11.3 Å². The molecular weight excluding hydrogens is 271 g/mol. The van der Waals surface area contributed by atoms with E-state index in [-0.39, 0.29) is 11.5 Å². The number of carbonyl (C=O) groups excluding carboxylic acids is 1. The van der Waals surface area contributed by atoms with Gasteiger partial charge in [-0.05, 0) is 36.4 Å². The Hall–Kier alpha value is -2.59. The normalized spacial score (nSPS) is 10.8. The topological polar surface area (TPSA) is 38.7 Å². The first kappa shape index (κ1) is 13.8. The molecule has 0 unspecified atom stereocenters. The maximum atomic E-state index is 12.8. The summed E-state index contributed by atoms with van der Waals surface area (Å²) in [5.41, 5.74) is -0.508. The maximum absolute atomic E-state index is 12.8. The lowest BCUT2D eigenvalue weighted by Gasteiger charge is -2.13. The molecule has 6 heteroatoms. The molecule has 0 amide bonds. The molecule has 0 atom stereocenters. The monoisotopic (exact) mass is 279 g/mol. The molecular formula is C14H8F3NO2. The third-order valence-corrected chi connectivity index (χ3v) is 2.43. The van der Waals surface area contributed by atoms with Crippen molar-refractivity contribution < 1.29 is 22.7 Å². The molecule has 0 aliphatic heterocycles. The fourth-order valence-corrected chi connectivity index (χ4v) is 1.56. The molecule has 0 aromatic heterocycles. The van der Waals surface area contributed by atoms with Crippen molar-refractivity contribution in [1.29, 1.82) is 0 Å². The molecule has 3 nitrogen and oxygen atoms in total. The molecule has 20 heavy (non-hydrogen) atoms. The van der Waals surface area contributed by atoms with Crippen LogP contribution in [0.2, 0.25) is 0 Å². The number of ether oxygens (including phenoxy) is 1. The van der Waals surface area contributed by atoms with E-state index < -0.39 is 11.7 Å². The number of hydrogen-bond acceptors (Lipinski definition) is 3. The van der Waals surface area contributed by atoms with Crippen molar-refractivity contribution in [2.45, 2.75) is 6.18 Å². The maximum Gasteiger partial charge on any atom is 0.419 e. The molecule has 2 rings (SSSR count). The van der Waals surface area contributed by atoms with Crippen LogP contribution in [-0.2, 0) is 11.0 Å². The molecule has 0 heterocycles. The van der Waals surface area contributed by atoms with Crippen molar-refractivity contribution in [3.63, 3.8) is 0 Å². The zero-order valence-corrected chi connectivity index (χ0v) is 10.0. The third kappa shape index (κ3) is 3.24. The molecule has 0 N–H and O–H groups in total. The van der Waals surface area contributed by atoms with Crippen LogP contribution >= 0.6 is 0 Å². The molecule has 0 saturated heterocycles. The van der Waals surface area contributed by atoms with E-state index in [0.717, 1.165) is 6.07 Å². The van der Waals surface area contributed by atoms with E-state index in [1.807, 2.05) is 0 Å². The zero-order chi connectivity index (χ0) is 14.6. The minimum atomic E-state index is -4.49. The molecule has 0 spiro atoms. The number of benzene rings is 2. The summed E-state index contributed by atoms with van der Waals surface area (Å²) >= 11 is 0. The number of alkyl halides is 3. The van der Waals surface area contributed by atoms with Gasteiger partial charge in [-0.3, -0.25) is 0 Å². The molecule has 0 saturated carbocycles. The predicted octanol–water partition coefficient (Wildman–Crippen LogP) is 4.47. The van der Waals surface area contributed by atoms with Crippen molar-refractivity contribution in [2.75, 3.05) is 0 Å². The van der Waals surface area contributed by atoms with Crippen molar-refractivity contribution in [1.82, 2.24) is 0 Å². The van der Waals surface area contributed by atoms with Gasteiger partial charge < -0.3 is 4.74 Å². The summed E-state index contributed by atoms with van der Waals surface area (Å²) in [6.07, 6.45) is -3.12. The Labute approximate surface area is 112 Å². The first-order valence-corrected chi connectivity index (χ1v) is 5.53. The van der Waals surface area contributed by atoms with E-state index in [2.05, 4.69) is 4.99 Å². The van der Waals surface area contributed by atoms with Crippen LogP contribution in [0.1, 0.15) is 5.56 Å². The van der Waals surface area contributed by atoms with Gasteiger partial charge in [-0.15, -0.1) is 0 Å². The van der Waals surface area contributed by atoms with Crippen LogP contribution in [0.15, 0.2) is 53.5 Å². The summed E-state index contributed by atoms with van der Waals surface area (Å²) in [7, 11) is 0. The highest BCUT2D eigenvalue weighted by Gasteiger charge is 2.34. The Morgan fingerprint density at radius 2 is 1.65 bits per heavy atom. The van der Waals surface area contributed by atoms with Gasteiger partial charge in [-0.2, -0.15) is 18.2 Å². The van der Waals surface area contributed by atoms with E-state index in [1.54, 1.807) is 0 Å². The van der Waals surface area contributed by atoms with E-state index in [4.69, 9.17) is 4.74 Å². The highest BCUT2D eigenvalue weighted by molar-refractivity contribution is 5.50. The molecule has 0 fully saturated rings. The minimum absolute atomic E-state index is 0.214. The molecule has 0 bridgehead atoms. The first-order chi connectivity index (χ1) is 9.50. The number of rotatable bonds is 3. The first-order valence-electron chi connectivity index (χ1n) is 5.53. The highest BCUT2D eigenvalue weighted by atomic mass is 19.4. The Kier molecular flexibility index (Phi) is 3.86. The number of isocyanates is 1. The third-order valence-electron chi connectivity index (χ3n) is 2.43. The second kappa shape index (κ2) is 5.59. The van der Waals surface area contributed by atoms with Crippen LogP contribution in [0.3, 0.4) is 0 Å². The number of nitrogens with zero attached hydrogens (tertiary/aromatic N) is 1. The van der Waals surface area contributed by atoms with Gasteiger partial charge in [0.25, 0.3) is 0 Å². The van der Waals surface area contributed by atoms with E-state index in [1.165, 1.54) is 48.5 Å². The van der Waals surface area contributed by atoms with Crippen molar-refractivity contribution in [2.24, 2.45) is 4.99 Å². The second-order valence-electron chi connectivity index (χ2n) is 3.79. The quantitative estimate of drug-likeness (QED) is 0.614. The Morgan fingerprint density at radius 3 is 2.25 bits per heavy atom. The Bertz CT molecular complexity index is 644. The summed E-state index contributed by atoms with van der Waals surface area (Å²) < 4.78 is 43.5. The number of hydrogen-bond donors (Lipinski definition) is 0. The van der Waals surface area contributed by atoms with E-state index in [0.29, 0.717) is 5.69 Å². The summed E-state index contributed by atoms with van der Waals surface area (Å²) in [4.78, 5) is 13.4. The average molecular weight is 279 g/mol. The smallest absolute Gasteiger partial charge is 0.419 e. The lowest BCUT2D eigenvalue weighted by atomic mass is 10.2. The SMILES string of the molecule is O=C=Nc1ccc(Oc2ccccc2C(F)(F)F)cc1. The molecule has 102 valence electrons. The van der Waals surface area contributed by atoms with Crippen molar-refractivity contribution in [3.8, 4) is 11.5 Å². The van der Waals surface area contributed by atoms with Gasteiger partial charge in [0, 0.05) is 0 Å². The van der Waals surface area contributed by atoms with Crippen LogP contribution in [0.5, 0.6) is 11.5 Å². The lowest BCUT2D eigenvalue weighted by molar-refractivity contribution is -0.138. The Balaban J connectivity index is 2.28. The lowest BCUT2D eigenvalue weighted by Crippen LogP contribution is -2.06. The number of aliphatic imine (C=N–C) groups is 1. The Morgan fingerprint density at radius 1 is 1.00 bits per heavy atom. The van der Waals surface area contributed by atoms with E-state index in [9.17, 15) is 18.0 Å². The highest BCUT2D eigenvalue weighted by Crippen LogP contribution is 2.37. The van der Waals surface area contributed by atoms with E-state index >= 15 is 0 Å². The van der Waals surface area contributed by atoms with Crippen LogP contribution in [0.25, 0.3) is 0 Å². The molecule has 0 aliphatic carbocycles. The molecule has 2 aromatic rings. The molecule has 0 radical (unpaired) electrons. The number of para-hydroxylation sites is 1. The van der Waals surface area contributed by atoms with Crippen LogP contribution in [0, 0.1) is 0 Å². The van der Waals surface area contributed by atoms with Crippen LogP contribution in [-0.4, -0.2) is 6.08 Å². The van der Waals surface area contributed by atoms with Gasteiger partial charge >= 0.3 is 6.18 Å². The standard InChI is InChI=1S/C14H8F3NO2/c15-14(16,17)12-3-1-2-4-13(12)20-11-7-5-10(6-8-11)18-9-19/h1-8H. The van der Waals surface area contributed by atoms with Gasteiger partial charge in [0.1, 0.15) is 11.5 Å². The van der Waals surface area contributed by atoms with Gasteiger partial charge in [-0.1, -0.05) is 12.1 Å². The summed E-state index contributed by atoms with van der Waals surface area (Å²) in [5, 5.41) is 0. The molecule has 2 aromatic carbocycles. The number of halogens is 3. The fourth-order valence-electron chi connectivity index (χ4n) is 1.56. The second-order valence-corrected chi connectivity index (χ2v) is 3.79. The van der Waals surface area contributed by atoms with Gasteiger partial charge in [0.2, 0.25) is 6.08 Å². The summed E-state index contributed by atoms with van der Waals surface area (Å²) in [5.74, 6) is -0.0711. The fraction of sp³-hybridized carbons (Fsp3) is 0.0714. The summed E-state index contributed by atoms with van der Waals surface area (Å²) in [6.45, 7) is 0. The minimum Gasteiger partial charge on any atom is -0.457 e. The average Bonchev–Trinajstić information content (AvgIpc) is 2.41. The van der Waals surface area contributed by atoms with Crippen LogP contribution in [0.4, 0.5) is 18.9 Å². The van der Waals surface area contributed by atoms with Crippen molar-refractivity contribution >= 4 is 11.8 Å². The van der Waals surface area contributed by atoms with Gasteiger partial charge in [0.15, 0.2) is 0 Å². The zero-order valence-electron chi connectivity index (χ0n) is 10.0.